The van der Waals surface area contributed by atoms with Crippen molar-refractivity contribution >= 4 is 16.6 Å². The molecule has 0 saturated heterocycles. The molecule has 0 aliphatic rings. The van der Waals surface area contributed by atoms with Crippen LogP contribution in [0, 0.1) is 6.92 Å². The van der Waals surface area contributed by atoms with Gasteiger partial charge in [0.2, 0.25) is 5.89 Å². The summed E-state index contributed by atoms with van der Waals surface area (Å²) in [5, 5.41) is 6.54. The van der Waals surface area contributed by atoms with Gasteiger partial charge in [0.05, 0.1) is 6.54 Å². The molecule has 4 rings (SSSR count). The van der Waals surface area contributed by atoms with E-state index >= 15 is 0 Å². The summed E-state index contributed by atoms with van der Waals surface area (Å²) in [4.78, 5) is 4.61. The van der Waals surface area contributed by atoms with Crippen LogP contribution in [-0.2, 0) is 6.54 Å². The first-order valence-corrected chi connectivity index (χ1v) is 7.43. The number of hydrogen-bond donors (Lipinski definition) is 1. The van der Waals surface area contributed by atoms with Crippen molar-refractivity contribution in [3.05, 3.63) is 66.2 Å². The molecular weight excluding hydrogens is 288 g/mol. The highest BCUT2D eigenvalue weighted by Gasteiger charge is 2.11. The first-order valence-electron chi connectivity index (χ1n) is 7.43. The lowest BCUT2D eigenvalue weighted by Gasteiger charge is -2.02. The predicted octanol–water partition coefficient (Wildman–Crippen LogP) is 3.63. The van der Waals surface area contributed by atoms with E-state index < -0.39 is 0 Å². The molecule has 2 aromatic carbocycles. The molecule has 0 amide bonds. The van der Waals surface area contributed by atoms with Gasteiger partial charge in [-0.3, -0.25) is 4.68 Å². The number of hydrogen-bond acceptors (Lipinski definition) is 4. The van der Waals surface area contributed by atoms with Crippen LogP contribution in [0.1, 0.15) is 11.4 Å². The Hall–Kier alpha value is -3.08. The van der Waals surface area contributed by atoms with Gasteiger partial charge in [0, 0.05) is 17.3 Å². The summed E-state index contributed by atoms with van der Waals surface area (Å²) in [7, 11) is 0. The highest BCUT2D eigenvalue weighted by molar-refractivity contribution is 5.94. The van der Waals surface area contributed by atoms with Gasteiger partial charge in [-0.2, -0.15) is 5.10 Å². The van der Waals surface area contributed by atoms with E-state index in [1.807, 2.05) is 41.9 Å². The number of rotatable bonds is 3. The van der Waals surface area contributed by atoms with Gasteiger partial charge in [0.25, 0.3) is 0 Å². The molecule has 2 heterocycles. The van der Waals surface area contributed by atoms with Crippen LogP contribution in [0.4, 0.5) is 5.82 Å². The SMILES string of the molecule is Cc1cc(N)nn1Cc1coc(-c2cccc3ccccc23)n1. The standard InChI is InChI=1S/C18H16N4O/c1-12-9-17(19)21-22(12)10-14-11-23-18(20-14)16-8-4-6-13-5-2-3-7-15(13)16/h2-9,11H,10H2,1H3,(H2,19,21). The first-order chi connectivity index (χ1) is 11.2. The van der Waals surface area contributed by atoms with Gasteiger partial charge >= 0.3 is 0 Å². The average Bonchev–Trinajstić information content (AvgIpc) is 3.14. The van der Waals surface area contributed by atoms with Crippen molar-refractivity contribution < 1.29 is 4.42 Å². The fraction of sp³-hybridized carbons (Fsp3) is 0.111. The molecule has 0 unspecified atom stereocenters. The van der Waals surface area contributed by atoms with Crippen molar-refractivity contribution in [2.45, 2.75) is 13.5 Å². The van der Waals surface area contributed by atoms with Crippen LogP contribution < -0.4 is 5.73 Å². The molecule has 2 N–H and O–H groups in total. The van der Waals surface area contributed by atoms with Gasteiger partial charge in [-0.25, -0.2) is 4.98 Å². The molecular formula is C18H16N4O. The molecule has 0 bridgehead atoms. The van der Waals surface area contributed by atoms with E-state index in [0.717, 1.165) is 22.3 Å². The summed E-state index contributed by atoms with van der Waals surface area (Å²) >= 11 is 0. The zero-order chi connectivity index (χ0) is 15.8. The van der Waals surface area contributed by atoms with E-state index in [2.05, 4.69) is 28.3 Å². The second kappa shape index (κ2) is 5.28. The van der Waals surface area contributed by atoms with Gasteiger partial charge < -0.3 is 10.2 Å². The van der Waals surface area contributed by atoms with Gasteiger partial charge in [0.1, 0.15) is 17.8 Å². The number of nitrogen functional groups attached to an aromatic ring is 1. The van der Waals surface area contributed by atoms with Crippen LogP contribution in [-0.4, -0.2) is 14.8 Å². The van der Waals surface area contributed by atoms with Crippen LogP contribution >= 0.6 is 0 Å². The maximum absolute atomic E-state index is 5.72. The molecule has 0 saturated carbocycles. The molecule has 0 radical (unpaired) electrons. The lowest BCUT2D eigenvalue weighted by Crippen LogP contribution is -2.04. The molecule has 114 valence electrons. The number of anilines is 1. The van der Waals surface area contributed by atoms with Crippen LogP contribution in [0.15, 0.2) is 59.2 Å². The quantitative estimate of drug-likeness (QED) is 0.627. The van der Waals surface area contributed by atoms with Crippen LogP contribution in [0.5, 0.6) is 0 Å². The third kappa shape index (κ3) is 2.46. The highest BCUT2D eigenvalue weighted by atomic mass is 16.3. The Bertz CT molecular complexity index is 978. The molecule has 0 atom stereocenters. The van der Waals surface area contributed by atoms with Crippen molar-refractivity contribution in [1.82, 2.24) is 14.8 Å². The number of aryl methyl sites for hydroxylation is 1. The van der Waals surface area contributed by atoms with E-state index in [0.29, 0.717) is 18.3 Å². The maximum Gasteiger partial charge on any atom is 0.226 e. The van der Waals surface area contributed by atoms with Crippen molar-refractivity contribution in [2.24, 2.45) is 0 Å². The number of nitrogens with two attached hydrogens (primary N) is 1. The predicted molar refractivity (Wildman–Crippen MR) is 89.9 cm³/mol. The summed E-state index contributed by atoms with van der Waals surface area (Å²) in [5.41, 5.74) is 8.52. The van der Waals surface area contributed by atoms with E-state index in [4.69, 9.17) is 10.2 Å². The fourth-order valence-electron chi connectivity index (χ4n) is 2.76. The van der Waals surface area contributed by atoms with E-state index in [1.54, 1.807) is 6.26 Å². The normalized spacial score (nSPS) is 11.2. The minimum Gasteiger partial charge on any atom is -0.444 e. The Morgan fingerprint density at radius 2 is 1.96 bits per heavy atom. The maximum atomic E-state index is 5.72. The summed E-state index contributed by atoms with van der Waals surface area (Å²) in [6.45, 7) is 2.51. The number of benzene rings is 2. The summed E-state index contributed by atoms with van der Waals surface area (Å²) < 4.78 is 7.51. The zero-order valence-corrected chi connectivity index (χ0v) is 12.7. The molecule has 0 fully saturated rings. The zero-order valence-electron chi connectivity index (χ0n) is 12.7. The monoisotopic (exact) mass is 304 g/mol. The second-order valence-electron chi connectivity index (χ2n) is 5.54. The Kier molecular flexibility index (Phi) is 3.12. The van der Waals surface area contributed by atoms with Gasteiger partial charge in [-0.1, -0.05) is 36.4 Å². The Morgan fingerprint density at radius 3 is 2.78 bits per heavy atom. The lowest BCUT2D eigenvalue weighted by molar-refractivity contribution is 0.569. The largest absolute Gasteiger partial charge is 0.444 e. The lowest BCUT2D eigenvalue weighted by atomic mass is 10.0. The van der Waals surface area contributed by atoms with E-state index in [-0.39, 0.29) is 0 Å². The summed E-state index contributed by atoms with van der Waals surface area (Å²) in [6, 6.07) is 16.2. The molecule has 2 aromatic heterocycles. The third-order valence-electron chi connectivity index (χ3n) is 3.88. The minimum atomic E-state index is 0.514. The Labute approximate surface area is 133 Å². The van der Waals surface area contributed by atoms with Crippen LogP contribution in [0.3, 0.4) is 0 Å². The molecule has 0 aliphatic carbocycles. The Balaban J connectivity index is 1.71. The van der Waals surface area contributed by atoms with Crippen LogP contribution in [0.2, 0.25) is 0 Å². The van der Waals surface area contributed by atoms with Crippen molar-refractivity contribution in [3.63, 3.8) is 0 Å². The number of nitrogens with zero attached hydrogens (tertiary/aromatic N) is 3. The van der Waals surface area contributed by atoms with E-state index in [9.17, 15) is 0 Å². The number of aromatic nitrogens is 3. The third-order valence-corrected chi connectivity index (χ3v) is 3.88. The second-order valence-corrected chi connectivity index (χ2v) is 5.54. The highest BCUT2D eigenvalue weighted by Crippen LogP contribution is 2.28. The first kappa shape index (κ1) is 13.6. The summed E-state index contributed by atoms with van der Waals surface area (Å²) in [5.74, 6) is 1.13. The van der Waals surface area contributed by atoms with E-state index in [1.165, 1.54) is 5.39 Å². The number of fused-ring (bicyclic) bond motifs is 1. The van der Waals surface area contributed by atoms with Gasteiger partial charge in [-0.05, 0) is 23.8 Å². The molecule has 0 aliphatic heterocycles. The minimum absolute atomic E-state index is 0.514. The van der Waals surface area contributed by atoms with Gasteiger partial charge in [-0.15, -0.1) is 0 Å². The van der Waals surface area contributed by atoms with Gasteiger partial charge in [0.15, 0.2) is 0 Å². The fourth-order valence-corrected chi connectivity index (χ4v) is 2.76. The van der Waals surface area contributed by atoms with Crippen molar-refractivity contribution in [2.75, 3.05) is 5.73 Å². The summed E-state index contributed by atoms with van der Waals surface area (Å²) in [6.07, 6.45) is 1.68. The number of oxazole rings is 1. The smallest absolute Gasteiger partial charge is 0.226 e. The molecule has 5 nitrogen and oxygen atoms in total. The Morgan fingerprint density at radius 1 is 1.13 bits per heavy atom. The molecule has 4 aromatic rings. The van der Waals surface area contributed by atoms with Crippen molar-refractivity contribution in [1.29, 1.82) is 0 Å². The average molecular weight is 304 g/mol. The molecule has 5 heteroatoms. The van der Waals surface area contributed by atoms with Crippen molar-refractivity contribution in [3.8, 4) is 11.5 Å². The van der Waals surface area contributed by atoms with Crippen LogP contribution in [0.25, 0.3) is 22.2 Å². The topological polar surface area (TPSA) is 69.9 Å². The molecule has 0 spiro atoms. The molecule has 23 heavy (non-hydrogen) atoms.